The largest absolute Gasteiger partial charge is 0.491 e. The van der Waals surface area contributed by atoms with Crippen LogP contribution in [-0.2, 0) is 6.42 Å². The first kappa shape index (κ1) is 16.8. The third kappa shape index (κ3) is 4.09. The Hall–Kier alpha value is -3.02. The molecule has 0 bridgehead atoms. The summed E-state index contributed by atoms with van der Waals surface area (Å²) in [7, 11) is 0. The van der Waals surface area contributed by atoms with E-state index in [2.05, 4.69) is 15.3 Å². The van der Waals surface area contributed by atoms with Gasteiger partial charge in [0.2, 0.25) is 0 Å². The van der Waals surface area contributed by atoms with Crippen molar-refractivity contribution < 1.29 is 9.53 Å². The summed E-state index contributed by atoms with van der Waals surface area (Å²) < 4.78 is 5.52. The highest BCUT2D eigenvalue weighted by atomic mass is 16.5. The average molecular weight is 338 g/mol. The average Bonchev–Trinajstić information content (AvgIpc) is 3.03. The summed E-state index contributed by atoms with van der Waals surface area (Å²) in [5.41, 5.74) is 8.86. The first-order valence-electron chi connectivity index (χ1n) is 8.41. The molecule has 130 valence electrons. The van der Waals surface area contributed by atoms with Crippen molar-refractivity contribution in [3.8, 4) is 5.75 Å². The molecule has 3 aromatic rings. The van der Waals surface area contributed by atoms with Crippen molar-refractivity contribution in [1.82, 2.24) is 15.3 Å². The second-order valence-electron chi connectivity index (χ2n) is 5.81. The summed E-state index contributed by atoms with van der Waals surface area (Å²) in [5, 5.41) is 2.89. The lowest BCUT2D eigenvalue weighted by Crippen LogP contribution is -2.26. The van der Waals surface area contributed by atoms with Crippen LogP contribution in [0.2, 0.25) is 0 Å². The number of rotatable bonds is 7. The Bertz CT molecular complexity index is 840. The molecule has 0 spiro atoms. The number of amides is 1. The molecule has 0 radical (unpaired) electrons. The number of hydrogen-bond donors (Lipinski definition) is 3. The predicted molar refractivity (Wildman–Crippen MR) is 98.8 cm³/mol. The number of ether oxygens (including phenoxy) is 1. The number of anilines is 1. The molecule has 0 aliphatic heterocycles. The molecular weight excluding hydrogens is 316 g/mol. The number of nitrogen functional groups attached to an aromatic ring is 1. The molecule has 0 fully saturated rings. The molecule has 0 saturated carbocycles. The van der Waals surface area contributed by atoms with E-state index in [-0.39, 0.29) is 5.91 Å². The number of imidazole rings is 1. The highest BCUT2D eigenvalue weighted by Crippen LogP contribution is 2.22. The Balaban J connectivity index is 1.56. The minimum absolute atomic E-state index is 0.162. The highest BCUT2D eigenvalue weighted by Gasteiger charge is 2.09. The first-order chi connectivity index (χ1) is 12.2. The van der Waals surface area contributed by atoms with Gasteiger partial charge < -0.3 is 20.8 Å². The molecule has 25 heavy (non-hydrogen) atoms. The van der Waals surface area contributed by atoms with Crippen molar-refractivity contribution in [3.05, 3.63) is 53.9 Å². The van der Waals surface area contributed by atoms with Gasteiger partial charge in [0.05, 0.1) is 23.3 Å². The van der Waals surface area contributed by atoms with Gasteiger partial charge in [-0.3, -0.25) is 4.79 Å². The van der Waals surface area contributed by atoms with Gasteiger partial charge in [-0.05, 0) is 36.8 Å². The lowest BCUT2D eigenvalue weighted by molar-refractivity contribution is 0.0954. The minimum Gasteiger partial charge on any atom is -0.491 e. The van der Waals surface area contributed by atoms with Crippen LogP contribution in [0.25, 0.3) is 11.0 Å². The second-order valence-corrected chi connectivity index (χ2v) is 5.81. The number of hydrogen-bond acceptors (Lipinski definition) is 4. The van der Waals surface area contributed by atoms with Gasteiger partial charge in [0.15, 0.2) is 0 Å². The molecule has 0 unspecified atom stereocenters. The molecule has 3 rings (SSSR count). The molecule has 1 aromatic heterocycles. The highest BCUT2D eigenvalue weighted by molar-refractivity contribution is 5.95. The summed E-state index contributed by atoms with van der Waals surface area (Å²) in [4.78, 5) is 20.0. The lowest BCUT2D eigenvalue weighted by atomic mass is 10.1. The second kappa shape index (κ2) is 7.70. The van der Waals surface area contributed by atoms with Crippen molar-refractivity contribution in [2.75, 3.05) is 18.9 Å². The zero-order valence-corrected chi connectivity index (χ0v) is 14.2. The maximum Gasteiger partial charge on any atom is 0.251 e. The van der Waals surface area contributed by atoms with Gasteiger partial charge in [-0.15, -0.1) is 0 Å². The summed E-state index contributed by atoms with van der Waals surface area (Å²) >= 11 is 0. The van der Waals surface area contributed by atoms with Crippen molar-refractivity contribution in [2.45, 2.75) is 19.8 Å². The third-order valence-corrected chi connectivity index (χ3v) is 3.82. The van der Waals surface area contributed by atoms with E-state index in [0.717, 1.165) is 23.3 Å². The molecule has 1 heterocycles. The third-order valence-electron chi connectivity index (χ3n) is 3.82. The number of aromatic amines is 1. The van der Waals surface area contributed by atoms with E-state index >= 15 is 0 Å². The minimum atomic E-state index is -0.162. The summed E-state index contributed by atoms with van der Waals surface area (Å²) in [6.45, 7) is 3.12. The lowest BCUT2D eigenvalue weighted by Gasteiger charge is -2.10. The van der Waals surface area contributed by atoms with Crippen LogP contribution >= 0.6 is 0 Å². The standard InChI is InChI=1S/C19H22N4O2/c1-2-11-25-17-8-7-13(12-14(17)20)19(24)21-10-9-18-22-15-5-3-4-6-16(15)23-18/h3-8,12H,2,9-11,20H2,1H3,(H,21,24)(H,22,23). The van der Waals surface area contributed by atoms with Crippen LogP contribution in [0.3, 0.4) is 0 Å². The number of benzene rings is 2. The fraction of sp³-hybridized carbons (Fsp3) is 0.263. The van der Waals surface area contributed by atoms with Gasteiger partial charge >= 0.3 is 0 Å². The van der Waals surface area contributed by atoms with Crippen molar-refractivity contribution >= 4 is 22.6 Å². The number of carbonyl (C=O) groups is 1. The van der Waals surface area contributed by atoms with E-state index in [1.54, 1.807) is 18.2 Å². The molecule has 6 heteroatoms. The zero-order valence-electron chi connectivity index (χ0n) is 14.2. The number of nitrogens with two attached hydrogens (primary N) is 1. The van der Waals surface area contributed by atoms with E-state index in [1.165, 1.54) is 0 Å². The fourth-order valence-corrected chi connectivity index (χ4v) is 2.55. The normalized spacial score (nSPS) is 10.8. The number of carbonyl (C=O) groups excluding carboxylic acids is 1. The molecule has 1 amide bonds. The number of nitrogens with one attached hydrogen (secondary N) is 2. The van der Waals surface area contributed by atoms with Gasteiger partial charge in [-0.1, -0.05) is 19.1 Å². The molecule has 0 aliphatic rings. The maximum absolute atomic E-state index is 12.2. The van der Waals surface area contributed by atoms with Crippen LogP contribution in [0.5, 0.6) is 5.75 Å². The number of nitrogens with zero attached hydrogens (tertiary/aromatic N) is 1. The molecule has 2 aromatic carbocycles. The topological polar surface area (TPSA) is 93.0 Å². The van der Waals surface area contributed by atoms with Gasteiger partial charge in [0.25, 0.3) is 5.91 Å². The van der Waals surface area contributed by atoms with Gasteiger partial charge in [0.1, 0.15) is 11.6 Å². The Labute approximate surface area is 146 Å². The smallest absolute Gasteiger partial charge is 0.251 e. The molecule has 0 aliphatic carbocycles. The number of fused-ring (bicyclic) bond motifs is 1. The number of para-hydroxylation sites is 2. The van der Waals surface area contributed by atoms with Crippen molar-refractivity contribution in [1.29, 1.82) is 0 Å². The Morgan fingerprint density at radius 3 is 2.88 bits per heavy atom. The van der Waals surface area contributed by atoms with Crippen LogP contribution in [0.1, 0.15) is 29.5 Å². The predicted octanol–water partition coefficient (Wildman–Crippen LogP) is 2.91. The number of aromatic nitrogens is 2. The van der Waals surface area contributed by atoms with Crippen LogP contribution in [0.4, 0.5) is 5.69 Å². The van der Waals surface area contributed by atoms with E-state index < -0.39 is 0 Å². The Kier molecular flexibility index (Phi) is 5.18. The van der Waals surface area contributed by atoms with Crippen molar-refractivity contribution in [2.24, 2.45) is 0 Å². The monoisotopic (exact) mass is 338 g/mol. The van der Waals surface area contributed by atoms with Crippen molar-refractivity contribution in [3.63, 3.8) is 0 Å². The Morgan fingerprint density at radius 2 is 2.12 bits per heavy atom. The van der Waals surface area contributed by atoms with Crippen LogP contribution in [-0.4, -0.2) is 29.0 Å². The van der Waals surface area contributed by atoms with Gasteiger partial charge in [-0.25, -0.2) is 4.98 Å². The Morgan fingerprint density at radius 1 is 1.28 bits per heavy atom. The quantitative estimate of drug-likeness (QED) is 0.578. The molecule has 6 nitrogen and oxygen atoms in total. The SMILES string of the molecule is CCCOc1ccc(C(=O)NCCc2nc3ccccc3[nH]2)cc1N. The summed E-state index contributed by atoms with van der Waals surface area (Å²) in [6, 6.07) is 12.9. The zero-order chi connectivity index (χ0) is 17.6. The number of H-pyrrole nitrogens is 1. The van der Waals surface area contributed by atoms with E-state index in [0.29, 0.717) is 36.6 Å². The van der Waals surface area contributed by atoms with Crippen LogP contribution in [0.15, 0.2) is 42.5 Å². The van der Waals surface area contributed by atoms with E-state index in [1.807, 2.05) is 31.2 Å². The molecule has 0 atom stereocenters. The maximum atomic E-state index is 12.2. The fourth-order valence-electron chi connectivity index (χ4n) is 2.55. The first-order valence-corrected chi connectivity index (χ1v) is 8.41. The van der Waals surface area contributed by atoms with Crippen LogP contribution in [0, 0.1) is 0 Å². The van der Waals surface area contributed by atoms with Gasteiger partial charge in [-0.2, -0.15) is 0 Å². The van der Waals surface area contributed by atoms with E-state index in [9.17, 15) is 4.79 Å². The van der Waals surface area contributed by atoms with Gasteiger partial charge in [0, 0.05) is 18.5 Å². The summed E-state index contributed by atoms with van der Waals surface area (Å²) in [6.07, 6.45) is 1.54. The summed E-state index contributed by atoms with van der Waals surface area (Å²) in [5.74, 6) is 1.30. The van der Waals surface area contributed by atoms with Crippen LogP contribution < -0.4 is 15.8 Å². The molecule has 4 N–H and O–H groups in total. The molecule has 0 saturated heterocycles. The van der Waals surface area contributed by atoms with E-state index in [4.69, 9.17) is 10.5 Å². The molecular formula is C19H22N4O2.